The predicted molar refractivity (Wildman–Crippen MR) is 85.5 cm³/mol. The molecule has 0 amide bonds. The van der Waals surface area contributed by atoms with Gasteiger partial charge in [-0.15, -0.1) is 0 Å². The topological polar surface area (TPSA) is 50.2 Å². The van der Waals surface area contributed by atoms with Crippen molar-refractivity contribution in [3.8, 4) is 0 Å². The third-order valence-corrected chi connectivity index (χ3v) is 4.49. The second kappa shape index (κ2) is 6.72. The zero-order chi connectivity index (χ0) is 14.7. The Kier molecular flexibility index (Phi) is 5.21. The van der Waals surface area contributed by atoms with Crippen molar-refractivity contribution in [3.63, 3.8) is 0 Å². The van der Waals surface area contributed by atoms with Crippen molar-refractivity contribution >= 4 is 21.6 Å². The summed E-state index contributed by atoms with van der Waals surface area (Å²) in [5.74, 6) is 0. The van der Waals surface area contributed by atoms with Gasteiger partial charge in [-0.05, 0) is 49.2 Å². The molecule has 2 rings (SSSR count). The van der Waals surface area contributed by atoms with Crippen molar-refractivity contribution < 1.29 is 0 Å². The fourth-order valence-corrected chi connectivity index (χ4v) is 3.17. The van der Waals surface area contributed by atoms with Crippen LogP contribution in [0.1, 0.15) is 39.7 Å². The number of hydrogen-bond donors (Lipinski definition) is 1. The minimum atomic E-state index is -0.0497. The Morgan fingerprint density at radius 3 is 2.65 bits per heavy atom. The van der Waals surface area contributed by atoms with Gasteiger partial charge in [0, 0.05) is 19.1 Å². The summed E-state index contributed by atoms with van der Waals surface area (Å²) >= 11 is 3.45. The Balaban J connectivity index is 2.15. The summed E-state index contributed by atoms with van der Waals surface area (Å²) in [5.41, 5.74) is 0.869. The van der Waals surface area contributed by atoms with Crippen molar-refractivity contribution in [1.82, 2.24) is 15.1 Å². The van der Waals surface area contributed by atoms with E-state index in [9.17, 15) is 4.79 Å². The van der Waals surface area contributed by atoms with Crippen molar-refractivity contribution in [1.29, 1.82) is 0 Å². The molecule has 0 unspecified atom stereocenters. The van der Waals surface area contributed by atoms with Gasteiger partial charge in [-0.25, -0.2) is 4.68 Å². The molecule has 1 N–H and O–H groups in total. The van der Waals surface area contributed by atoms with Gasteiger partial charge in [0.2, 0.25) is 0 Å². The number of aromatic nitrogens is 2. The molecule has 6 heteroatoms. The lowest BCUT2D eigenvalue weighted by Gasteiger charge is -2.34. The Morgan fingerprint density at radius 1 is 1.45 bits per heavy atom. The molecule has 112 valence electrons. The van der Waals surface area contributed by atoms with Crippen LogP contribution in [0.15, 0.2) is 15.5 Å². The van der Waals surface area contributed by atoms with E-state index in [4.69, 9.17) is 0 Å². The molecular weight excluding hydrogens is 320 g/mol. The molecule has 0 saturated carbocycles. The van der Waals surface area contributed by atoms with Crippen LogP contribution >= 0.6 is 15.9 Å². The SMILES string of the molecule is CCNC1CCN(c2cnn(C(C)C)c(=O)c2Br)CC1. The van der Waals surface area contributed by atoms with Crippen LogP contribution in [0, 0.1) is 0 Å². The third-order valence-electron chi connectivity index (χ3n) is 3.74. The van der Waals surface area contributed by atoms with E-state index in [0.717, 1.165) is 38.2 Å². The Labute approximate surface area is 128 Å². The standard InChI is InChI=1S/C14H23BrN4O/c1-4-16-11-5-7-18(8-6-11)12-9-17-19(10(2)3)14(20)13(12)15/h9-11,16H,4-8H2,1-3H3. The maximum absolute atomic E-state index is 12.3. The van der Waals surface area contributed by atoms with Crippen molar-refractivity contribution in [3.05, 3.63) is 21.0 Å². The molecule has 1 aliphatic rings. The van der Waals surface area contributed by atoms with Crippen LogP contribution in [-0.4, -0.2) is 35.5 Å². The van der Waals surface area contributed by atoms with Crippen LogP contribution < -0.4 is 15.8 Å². The van der Waals surface area contributed by atoms with Gasteiger partial charge in [0.05, 0.1) is 17.9 Å². The number of piperidine rings is 1. The van der Waals surface area contributed by atoms with E-state index >= 15 is 0 Å². The largest absolute Gasteiger partial charge is 0.369 e. The van der Waals surface area contributed by atoms with Crippen molar-refractivity contribution in [2.45, 2.75) is 45.7 Å². The van der Waals surface area contributed by atoms with Gasteiger partial charge in [0.15, 0.2) is 0 Å². The molecule has 0 radical (unpaired) electrons. The number of nitrogens with zero attached hydrogens (tertiary/aromatic N) is 3. The molecular formula is C14H23BrN4O. The summed E-state index contributed by atoms with van der Waals surface area (Å²) in [6, 6.07) is 0.673. The van der Waals surface area contributed by atoms with Gasteiger partial charge in [0.25, 0.3) is 5.56 Å². The monoisotopic (exact) mass is 342 g/mol. The van der Waals surface area contributed by atoms with Gasteiger partial charge in [-0.3, -0.25) is 4.79 Å². The molecule has 1 saturated heterocycles. The normalized spacial score (nSPS) is 16.9. The number of anilines is 1. The first-order valence-electron chi connectivity index (χ1n) is 7.30. The van der Waals surface area contributed by atoms with Crippen LogP contribution in [0.2, 0.25) is 0 Å². The molecule has 0 bridgehead atoms. The first-order valence-corrected chi connectivity index (χ1v) is 8.09. The fraction of sp³-hybridized carbons (Fsp3) is 0.714. The highest BCUT2D eigenvalue weighted by atomic mass is 79.9. The molecule has 0 aliphatic carbocycles. The van der Waals surface area contributed by atoms with Gasteiger partial charge in [-0.2, -0.15) is 5.10 Å². The summed E-state index contributed by atoms with van der Waals surface area (Å²) in [6.07, 6.45) is 4.01. The molecule has 20 heavy (non-hydrogen) atoms. The lowest BCUT2D eigenvalue weighted by Crippen LogP contribution is -2.43. The Morgan fingerprint density at radius 2 is 2.10 bits per heavy atom. The van der Waals surface area contributed by atoms with Gasteiger partial charge in [0.1, 0.15) is 4.47 Å². The van der Waals surface area contributed by atoms with Gasteiger partial charge >= 0.3 is 0 Å². The molecule has 1 aliphatic heterocycles. The van der Waals surface area contributed by atoms with E-state index in [2.05, 4.69) is 38.2 Å². The zero-order valence-corrected chi connectivity index (χ0v) is 14.0. The molecule has 5 nitrogen and oxygen atoms in total. The van der Waals surface area contributed by atoms with Crippen LogP contribution in [0.25, 0.3) is 0 Å². The minimum Gasteiger partial charge on any atom is -0.369 e. The highest BCUT2D eigenvalue weighted by molar-refractivity contribution is 9.10. The van der Waals surface area contributed by atoms with Crippen molar-refractivity contribution in [2.75, 3.05) is 24.5 Å². The summed E-state index contributed by atoms with van der Waals surface area (Å²) < 4.78 is 2.14. The molecule has 1 aromatic rings. The lowest BCUT2D eigenvalue weighted by atomic mass is 10.0. The smallest absolute Gasteiger partial charge is 0.283 e. The number of nitrogens with one attached hydrogen (secondary N) is 1. The molecule has 0 spiro atoms. The second-order valence-electron chi connectivity index (χ2n) is 5.51. The van der Waals surface area contributed by atoms with Gasteiger partial charge < -0.3 is 10.2 Å². The van der Waals surface area contributed by atoms with Crippen LogP contribution in [0.3, 0.4) is 0 Å². The quantitative estimate of drug-likeness (QED) is 0.910. The third kappa shape index (κ3) is 3.23. The number of hydrogen-bond acceptors (Lipinski definition) is 4. The fourth-order valence-electron chi connectivity index (χ4n) is 2.64. The van der Waals surface area contributed by atoms with Crippen LogP contribution in [0.4, 0.5) is 5.69 Å². The summed E-state index contributed by atoms with van der Waals surface area (Å²) in [4.78, 5) is 14.5. The molecule has 0 aromatic carbocycles. The van der Waals surface area contributed by atoms with Crippen molar-refractivity contribution in [2.24, 2.45) is 0 Å². The summed E-state index contributed by atoms with van der Waals surface area (Å²) in [7, 11) is 0. The van der Waals surface area contributed by atoms with E-state index in [-0.39, 0.29) is 11.6 Å². The van der Waals surface area contributed by atoms with E-state index in [1.54, 1.807) is 6.20 Å². The molecule has 1 aromatic heterocycles. The van der Waals surface area contributed by atoms with Gasteiger partial charge in [-0.1, -0.05) is 6.92 Å². The first kappa shape index (κ1) is 15.5. The van der Waals surface area contributed by atoms with Crippen LogP contribution in [-0.2, 0) is 0 Å². The number of halogens is 1. The Hall–Kier alpha value is -0.880. The van der Waals surface area contributed by atoms with E-state index in [0.29, 0.717) is 10.5 Å². The highest BCUT2D eigenvalue weighted by Crippen LogP contribution is 2.25. The minimum absolute atomic E-state index is 0.0497. The van der Waals surface area contributed by atoms with E-state index in [1.807, 2.05) is 13.8 Å². The van der Waals surface area contributed by atoms with E-state index in [1.165, 1.54) is 4.68 Å². The van der Waals surface area contributed by atoms with Crippen LogP contribution in [0.5, 0.6) is 0 Å². The first-order chi connectivity index (χ1) is 9.54. The summed E-state index contributed by atoms with van der Waals surface area (Å²) in [6.45, 7) is 9.00. The maximum Gasteiger partial charge on any atom is 0.283 e. The maximum atomic E-state index is 12.3. The molecule has 1 fully saturated rings. The predicted octanol–water partition coefficient (Wildman–Crippen LogP) is 2.17. The average molecular weight is 343 g/mol. The summed E-state index contributed by atoms with van der Waals surface area (Å²) in [5, 5.41) is 7.77. The molecule has 2 heterocycles. The zero-order valence-electron chi connectivity index (χ0n) is 12.4. The highest BCUT2D eigenvalue weighted by Gasteiger charge is 2.22. The second-order valence-corrected chi connectivity index (χ2v) is 6.30. The lowest BCUT2D eigenvalue weighted by molar-refractivity contribution is 0.422. The molecule has 0 atom stereocenters. The number of rotatable bonds is 4. The Bertz CT molecular complexity index is 506. The van der Waals surface area contributed by atoms with E-state index < -0.39 is 0 Å². The average Bonchev–Trinajstić information content (AvgIpc) is 2.43.